The molecule has 2 N–H and O–H groups in total. The van der Waals surface area contributed by atoms with Crippen LogP contribution >= 0.6 is 0 Å². The highest BCUT2D eigenvalue weighted by Gasteiger charge is 2.24. The zero-order valence-electron chi connectivity index (χ0n) is 12.1. The summed E-state index contributed by atoms with van der Waals surface area (Å²) >= 11 is 0. The van der Waals surface area contributed by atoms with Crippen LogP contribution in [0.4, 0.5) is 10.1 Å². The monoisotopic (exact) mass is 293 g/mol. The third-order valence-corrected chi connectivity index (χ3v) is 3.69. The summed E-state index contributed by atoms with van der Waals surface area (Å²) in [4.78, 5) is 25.8. The first-order valence-electron chi connectivity index (χ1n) is 7.19. The van der Waals surface area contributed by atoms with E-state index in [0.29, 0.717) is 12.6 Å². The number of rotatable bonds is 4. The molecule has 1 aromatic carbocycles. The van der Waals surface area contributed by atoms with E-state index in [1.807, 2.05) is 0 Å². The van der Waals surface area contributed by atoms with Crippen molar-refractivity contribution in [3.63, 3.8) is 0 Å². The summed E-state index contributed by atoms with van der Waals surface area (Å²) in [6, 6.07) is 5.74. The molecular weight excluding hydrogens is 273 g/mol. The minimum atomic E-state index is -0.776. The fourth-order valence-electron chi connectivity index (χ4n) is 2.59. The van der Waals surface area contributed by atoms with Gasteiger partial charge in [-0.2, -0.15) is 0 Å². The molecule has 0 spiro atoms. The number of likely N-dealkylation sites (tertiary alicyclic amines) is 1. The average Bonchev–Trinajstić information content (AvgIpc) is 2.92. The van der Waals surface area contributed by atoms with E-state index in [-0.39, 0.29) is 5.69 Å². The molecule has 0 saturated carbocycles. The van der Waals surface area contributed by atoms with Crippen LogP contribution in [0.3, 0.4) is 0 Å². The number of nitrogens with zero attached hydrogens (tertiary/aromatic N) is 1. The molecule has 1 aliphatic rings. The van der Waals surface area contributed by atoms with Crippen molar-refractivity contribution in [2.24, 2.45) is 0 Å². The van der Waals surface area contributed by atoms with Crippen LogP contribution in [0.1, 0.15) is 19.8 Å². The highest BCUT2D eigenvalue weighted by Crippen LogP contribution is 2.15. The van der Waals surface area contributed by atoms with Crippen LogP contribution in [-0.2, 0) is 9.59 Å². The van der Waals surface area contributed by atoms with Gasteiger partial charge in [0.05, 0.1) is 0 Å². The van der Waals surface area contributed by atoms with Gasteiger partial charge in [0.25, 0.3) is 0 Å². The number of nitrogens with one attached hydrogen (secondary N) is 2. The molecule has 1 aromatic rings. The van der Waals surface area contributed by atoms with Gasteiger partial charge in [-0.1, -0.05) is 13.0 Å². The predicted octanol–water partition coefficient (Wildman–Crippen LogP) is 1.36. The van der Waals surface area contributed by atoms with Crippen LogP contribution < -0.4 is 10.6 Å². The van der Waals surface area contributed by atoms with E-state index < -0.39 is 17.6 Å². The molecule has 1 atom stereocenters. The maximum absolute atomic E-state index is 13.0. The molecule has 1 aliphatic heterocycles. The van der Waals surface area contributed by atoms with Gasteiger partial charge in [-0.25, -0.2) is 4.39 Å². The van der Waals surface area contributed by atoms with E-state index in [0.717, 1.165) is 25.9 Å². The second kappa shape index (κ2) is 7.17. The van der Waals surface area contributed by atoms with Crippen LogP contribution in [0.2, 0.25) is 0 Å². The number of amides is 2. The predicted molar refractivity (Wildman–Crippen MR) is 78.3 cm³/mol. The first-order valence-corrected chi connectivity index (χ1v) is 7.19. The molecule has 0 aromatic heterocycles. The number of carbonyl (C=O) groups is 2. The van der Waals surface area contributed by atoms with Crippen molar-refractivity contribution in [1.82, 2.24) is 10.2 Å². The van der Waals surface area contributed by atoms with Crippen molar-refractivity contribution < 1.29 is 14.0 Å². The highest BCUT2D eigenvalue weighted by molar-refractivity contribution is 6.39. The molecule has 0 unspecified atom stereocenters. The topological polar surface area (TPSA) is 61.4 Å². The summed E-state index contributed by atoms with van der Waals surface area (Å²) in [5.74, 6) is -1.93. The Kier molecular flexibility index (Phi) is 5.27. The smallest absolute Gasteiger partial charge is 0.313 e. The summed E-state index contributed by atoms with van der Waals surface area (Å²) in [6.07, 6.45) is 2.14. The van der Waals surface area contributed by atoms with Gasteiger partial charge in [0.15, 0.2) is 0 Å². The summed E-state index contributed by atoms with van der Waals surface area (Å²) < 4.78 is 13.0. The van der Waals surface area contributed by atoms with E-state index in [4.69, 9.17) is 0 Å². The standard InChI is InChI=1S/C15H20FN3O2/c1-2-19-8-4-7-13(19)10-17-14(20)15(21)18-12-6-3-5-11(16)9-12/h3,5-6,9,13H,2,4,7-8,10H2,1H3,(H,17,20)(H,18,21)/t13-/m1/s1. The zero-order valence-corrected chi connectivity index (χ0v) is 12.1. The van der Waals surface area contributed by atoms with Gasteiger partial charge in [0.2, 0.25) is 0 Å². The van der Waals surface area contributed by atoms with Crippen molar-refractivity contribution in [2.75, 3.05) is 25.0 Å². The lowest BCUT2D eigenvalue weighted by Crippen LogP contribution is -2.43. The Morgan fingerprint density at radius 2 is 2.19 bits per heavy atom. The molecule has 1 heterocycles. The SMILES string of the molecule is CCN1CCC[C@@H]1CNC(=O)C(=O)Nc1cccc(F)c1. The molecule has 114 valence electrons. The Balaban J connectivity index is 1.81. The third-order valence-electron chi connectivity index (χ3n) is 3.69. The van der Waals surface area contributed by atoms with E-state index in [9.17, 15) is 14.0 Å². The second-order valence-corrected chi connectivity index (χ2v) is 5.10. The molecule has 6 heteroatoms. The number of hydrogen-bond acceptors (Lipinski definition) is 3. The summed E-state index contributed by atoms with van der Waals surface area (Å²) in [5.41, 5.74) is 0.270. The Morgan fingerprint density at radius 3 is 2.90 bits per heavy atom. The maximum Gasteiger partial charge on any atom is 0.313 e. The van der Waals surface area contributed by atoms with Gasteiger partial charge in [-0.15, -0.1) is 0 Å². The lowest BCUT2D eigenvalue weighted by molar-refractivity contribution is -0.136. The van der Waals surface area contributed by atoms with Gasteiger partial charge in [-0.3, -0.25) is 14.5 Å². The minimum Gasteiger partial charge on any atom is -0.346 e. The highest BCUT2D eigenvalue weighted by atomic mass is 19.1. The Morgan fingerprint density at radius 1 is 1.38 bits per heavy atom. The fourth-order valence-corrected chi connectivity index (χ4v) is 2.59. The van der Waals surface area contributed by atoms with Crippen molar-refractivity contribution in [2.45, 2.75) is 25.8 Å². The summed E-state index contributed by atoms with van der Waals surface area (Å²) in [7, 11) is 0. The van der Waals surface area contributed by atoms with E-state index >= 15 is 0 Å². The van der Waals surface area contributed by atoms with Gasteiger partial charge in [-0.05, 0) is 44.1 Å². The van der Waals surface area contributed by atoms with E-state index in [2.05, 4.69) is 22.5 Å². The van der Waals surface area contributed by atoms with Gasteiger partial charge in [0.1, 0.15) is 5.82 Å². The van der Waals surface area contributed by atoms with Crippen molar-refractivity contribution in [1.29, 1.82) is 0 Å². The van der Waals surface area contributed by atoms with Crippen LogP contribution in [0, 0.1) is 5.82 Å². The van der Waals surface area contributed by atoms with Crippen molar-refractivity contribution in [3.8, 4) is 0 Å². The molecule has 1 saturated heterocycles. The van der Waals surface area contributed by atoms with Crippen LogP contribution in [0.25, 0.3) is 0 Å². The van der Waals surface area contributed by atoms with Gasteiger partial charge < -0.3 is 10.6 Å². The summed E-state index contributed by atoms with van der Waals surface area (Å²) in [6.45, 7) is 4.52. The number of likely N-dealkylation sites (N-methyl/N-ethyl adjacent to an activating group) is 1. The first kappa shape index (κ1) is 15.4. The lowest BCUT2D eigenvalue weighted by Gasteiger charge is -2.22. The van der Waals surface area contributed by atoms with Crippen LogP contribution in [-0.4, -0.2) is 42.4 Å². The average molecular weight is 293 g/mol. The number of benzene rings is 1. The third kappa shape index (κ3) is 4.26. The number of anilines is 1. The number of halogens is 1. The van der Waals surface area contributed by atoms with Crippen molar-refractivity contribution >= 4 is 17.5 Å². The molecular formula is C15H20FN3O2. The minimum absolute atomic E-state index is 0.270. The van der Waals surface area contributed by atoms with Crippen LogP contribution in [0.5, 0.6) is 0 Å². The Labute approximate surface area is 123 Å². The van der Waals surface area contributed by atoms with E-state index in [1.54, 1.807) is 0 Å². The quantitative estimate of drug-likeness (QED) is 0.824. The summed E-state index contributed by atoms with van der Waals surface area (Å²) in [5, 5.41) is 5.02. The molecule has 21 heavy (non-hydrogen) atoms. The molecule has 0 bridgehead atoms. The zero-order chi connectivity index (χ0) is 15.2. The molecule has 0 aliphatic carbocycles. The Bertz CT molecular complexity index is 521. The van der Waals surface area contributed by atoms with Gasteiger partial charge >= 0.3 is 11.8 Å². The fraction of sp³-hybridized carbons (Fsp3) is 0.467. The lowest BCUT2D eigenvalue weighted by atomic mass is 10.2. The number of hydrogen-bond donors (Lipinski definition) is 2. The van der Waals surface area contributed by atoms with Gasteiger partial charge in [0, 0.05) is 18.3 Å². The second-order valence-electron chi connectivity index (χ2n) is 5.10. The molecule has 0 radical (unpaired) electrons. The van der Waals surface area contributed by atoms with Crippen LogP contribution in [0.15, 0.2) is 24.3 Å². The Hall–Kier alpha value is -1.95. The maximum atomic E-state index is 13.0. The molecule has 2 rings (SSSR count). The van der Waals surface area contributed by atoms with E-state index in [1.165, 1.54) is 24.3 Å². The molecule has 2 amide bonds. The molecule has 1 fully saturated rings. The van der Waals surface area contributed by atoms with Crippen molar-refractivity contribution in [3.05, 3.63) is 30.1 Å². The normalized spacial score (nSPS) is 18.5. The molecule has 5 nitrogen and oxygen atoms in total. The largest absolute Gasteiger partial charge is 0.346 e. The first-order chi connectivity index (χ1) is 10.1. The number of carbonyl (C=O) groups excluding carboxylic acids is 2.